The first-order valence-electron chi connectivity index (χ1n) is 12.6. The van der Waals surface area contributed by atoms with E-state index in [0.717, 1.165) is 23.5 Å². The van der Waals surface area contributed by atoms with Crippen molar-refractivity contribution in [2.45, 2.75) is 12.2 Å². The fraction of sp³-hybridized carbons (Fsp3) is 0.0690. The molecule has 232 valence electrons. The number of carboxylic acid groups (broad SMARTS) is 1. The van der Waals surface area contributed by atoms with Crippen LogP contribution >= 0.6 is 42.1 Å². The van der Waals surface area contributed by atoms with Crippen LogP contribution in [0.25, 0.3) is 10.6 Å². The summed E-state index contributed by atoms with van der Waals surface area (Å²) in [5, 5.41) is 14.8. The Morgan fingerprint density at radius 3 is 2.36 bits per heavy atom. The van der Waals surface area contributed by atoms with Crippen LogP contribution in [0.2, 0.25) is 10.0 Å². The second-order valence-corrected chi connectivity index (χ2v) is 12.8. The minimum Gasteiger partial charge on any atom is -0.478 e. The number of halogens is 5. The minimum absolute atomic E-state index is 0.0492. The van der Waals surface area contributed by atoms with Gasteiger partial charge in [-0.2, -0.15) is 13.9 Å². The van der Waals surface area contributed by atoms with Gasteiger partial charge in [-0.1, -0.05) is 58.8 Å². The molecular formula is C29H19Cl2F3N3O6PS. The first-order chi connectivity index (χ1) is 21.2. The average molecular weight is 696 g/mol. The van der Waals surface area contributed by atoms with E-state index in [1.807, 2.05) is 0 Å². The molecule has 0 fully saturated rings. The molecule has 1 heterocycles. The number of alkyl halides is 2. The van der Waals surface area contributed by atoms with Gasteiger partial charge in [-0.05, 0) is 66.2 Å². The molecule has 0 bridgehead atoms. The molecule has 4 aromatic carbocycles. The zero-order chi connectivity index (χ0) is 32.5. The molecule has 0 spiro atoms. The lowest BCUT2D eigenvalue weighted by Crippen LogP contribution is -2.19. The average Bonchev–Trinajstić information content (AvgIpc) is 3.36. The summed E-state index contributed by atoms with van der Waals surface area (Å²) in [5.74, 6) is -1.93. The van der Waals surface area contributed by atoms with E-state index in [4.69, 9.17) is 37.7 Å². The van der Waals surface area contributed by atoms with Gasteiger partial charge in [0.2, 0.25) is 4.80 Å². The molecular weight excluding hydrogens is 677 g/mol. The maximum atomic E-state index is 14.7. The number of carboxylic acids is 1. The number of aromatic carboxylic acids is 1. The van der Waals surface area contributed by atoms with Crippen LogP contribution in [0.15, 0.2) is 89.9 Å². The van der Waals surface area contributed by atoms with Gasteiger partial charge in [0, 0.05) is 5.56 Å². The summed E-state index contributed by atoms with van der Waals surface area (Å²) >= 11 is 13.3. The maximum Gasteiger partial charge on any atom is 0.399 e. The highest BCUT2D eigenvalue weighted by molar-refractivity contribution is 7.52. The van der Waals surface area contributed by atoms with Crippen LogP contribution in [0, 0.1) is 5.82 Å². The van der Waals surface area contributed by atoms with Crippen molar-refractivity contribution in [2.75, 3.05) is 0 Å². The number of ether oxygens (including phenoxy) is 1. The zero-order valence-electron chi connectivity index (χ0n) is 22.4. The van der Waals surface area contributed by atoms with Crippen molar-refractivity contribution in [1.29, 1.82) is 0 Å². The van der Waals surface area contributed by atoms with Crippen molar-refractivity contribution < 1.29 is 42.2 Å². The lowest BCUT2D eigenvalue weighted by atomic mass is 10.1. The van der Waals surface area contributed by atoms with Crippen LogP contribution in [-0.4, -0.2) is 30.6 Å². The first-order valence-corrected chi connectivity index (χ1v) is 15.8. The first kappa shape index (κ1) is 32.4. The van der Waals surface area contributed by atoms with E-state index in [1.165, 1.54) is 22.9 Å². The van der Waals surface area contributed by atoms with E-state index in [1.54, 1.807) is 48.5 Å². The highest BCUT2D eigenvalue weighted by Crippen LogP contribution is 2.59. The van der Waals surface area contributed by atoms with Crippen LogP contribution < -0.4 is 9.54 Å². The fourth-order valence-corrected chi connectivity index (χ4v) is 5.74. The van der Waals surface area contributed by atoms with Gasteiger partial charge < -0.3 is 19.6 Å². The highest BCUT2D eigenvalue weighted by Gasteiger charge is 2.52. The second kappa shape index (κ2) is 12.8. The SMILES string of the molecule is O=C(O)c1cccc(Oc2cccc(-c3nn(Cc4ccc(C(F)(F)P(=O)(O)O)c(F)c4)c(=Nc4ccc(Cl)c(Cl)c4)s3)c2)c1. The Morgan fingerprint density at radius 1 is 0.978 bits per heavy atom. The predicted molar refractivity (Wildman–Crippen MR) is 162 cm³/mol. The van der Waals surface area contributed by atoms with Gasteiger partial charge in [-0.3, -0.25) is 4.57 Å². The molecule has 0 aliphatic carbocycles. The quantitative estimate of drug-likeness (QED) is 0.133. The molecule has 0 saturated carbocycles. The Bertz CT molecular complexity index is 2050. The summed E-state index contributed by atoms with van der Waals surface area (Å²) in [6, 6.07) is 19.9. The van der Waals surface area contributed by atoms with E-state index in [-0.39, 0.29) is 22.7 Å². The third-order valence-corrected chi connectivity index (χ3v) is 8.91. The highest BCUT2D eigenvalue weighted by atomic mass is 35.5. The van der Waals surface area contributed by atoms with Crippen molar-refractivity contribution in [1.82, 2.24) is 9.78 Å². The Kier molecular flexibility index (Phi) is 9.22. The molecule has 1 aromatic heterocycles. The number of benzene rings is 4. The van der Waals surface area contributed by atoms with Crippen LogP contribution in [0.3, 0.4) is 0 Å². The number of hydrogen-bond donors (Lipinski definition) is 3. The van der Waals surface area contributed by atoms with Gasteiger partial charge in [0.1, 0.15) is 22.3 Å². The Labute approximate surface area is 266 Å². The van der Waals surface area contributed by atoms with Crippen LogP contribution in [0.5, 0.6) is 11.5 Å². The third-order valence-electron chi connectivity index (χ3n) is 6.20. The molecule has 3 N–H and O–H groups in total. The lowest BCUT2D eigenvalue weighted by molar-refractivity contribution is 0.0527. The van der Waals surface area contributed by atoms with E-state index in [0.29, 0.717) is 43.6 Å². The summed E-state index contributed by atoms with van der Waals surface area (Å²) < 4.78 is 61.6. The molecule has 0 unspecified atom stereocenters. The zero-order valence-corrected chi connectivity index (χ0v) is 25.7. The topological polar surface area (TPSA) is 134 Å². The lowest BCUT2D eigenvalue weighted by Gasteiger charge is -2.18. The summed E-state index contributed by atoms with van der Waals surface area (Å²) in [4.78, 5) is 34.2. The third kappa shape index (κ3) is 7.30. The summed E-state index contributed by atoms with van der Waals surface area (Å²) in [7, 11) is -5.98. The predicted octanol–water partition coefficient (Wildman–Crippen LogP) is 8.06. The normalized spacial score (nSPS) is 12.4. The smallest absolute Gasteiger partial charge is 0.399 e. The van der Waals surface area contributed by atoms with E-state index < -0.39 is 30.6 Å². The molecule has 0 saturated heterocycles. The number of rotatable bonds is 9. The van der Waals surface area contributed by atoms with E-state index in [9.17, 15) is 27.6 Å². The molecule has 0 aliphatic rings. The van der Waals surface area contributed by atoms with Gasteiger partial charge in [-0.15, -0.1) is 0 Å². The van der Waals surface area contributed by atoms with Crippen LogP contribution in [0.4, 0.5) is 18.9 Å². The molecule has 0 aliphatic heterocycles. The second-order valence-electron chi connectivity index (χ2n) is 9.42. The maximum absolute atomic E-state index is 14.7. The van der Waals surface area contributed by atoms with Gasteiger partial charge in [-0.25, -0.2) is 18.9 Å². The molecule has 5 rings (SSSR count). The van der Waals surface area contributed by atoms with Crippen molar-refractivity contribution in [2.24, 2.45) is 4.99 Å². The van der Waals surface area contributed by atoms with Crippen molar-refractivity contribution in [3.05, 3.63) is 122 Å². The fourth-order valence-electron chi connectivity index (χ4n) is 4.03. The van der Waals surface area contributed by atoms with E-state index in [2.05, 4.69) is 10.1 Å². The van der Waals surface area contributed by atoms with Crippen molar-refractivity contribution in [3.63, 3.8) is 0 Å². The van der Waals surface area contributed by atoms with E-state index >= 15 is 0 Å². The standard InChI is InChI=1S/C29H19Cl2F3N3O6PS/c30-23-10-8-19(14-24(23)31)35-28-37(15-16-7-9-22(25(32)11-16)29(33,34)44(40,41)42)36-26(45-28)17-3-1-5-20(12-17)43-21-6-2-4-18(13-21)27(38)39/h1-14H,15H2,(H,38,39)(H2,40,41,42). The molecule has 45 heavy (non-hydrogen) atoms. The number of hydrogen-bond acceptors (Lipinski definition) is 6. The molecule has 9 nitrogen and oxygen atoms in total. The summed E-state index contributed by atoms with van der Waals surface area (Å²) in [6.07, 6.45) is 0. The minimum atomic E-state index is -5.98. The Balaban J connectivity index is 1.53. The van der Waals surface area contributed by atoms with Gasteiger partial charge in [0.05, 0.1) is 33.4 Å². The molecule has 16 heteroatoms. The molecule has 5 aromatic rings. The Morgan fingerprint density at radius 2 is 1.69 bits per heavy atom. The number of carbonyl (C=O) groups is 1. The van der Waals surface area contributed by atoms with Gasteiger partial charge in [0.25, 0.3) is 0 Å². The molecule has 0 radical (unpaired) electrons. The van der Waals surface area contributed by atoms with Gasteiger partial charge >= 0.3 is 19.2 Å². The Hall–Kier alpha value is -3.97. The van der Waals surface area contributed by atoms with Crippen molar-refractivity contribution >= 4 is 53.8 Å². The van der Waals surface area contributed by atoms with Crippen molar-refractivity contribution in [3.8, 4) is 22.1 Å². The molecule has 0 amide bonds. The van der Waals surface area contributed by atoms with Crippen LogP contribution in [-0.2, 0) is 16.8 Å². The number of aromatic nitrogens is 2. The largest absolute Gasteiger partial charge is 0.478 e. The molecule has 0 atom stereocenters. The van der Waals surface area contributed by atoms with Gasteiger partial charge in [0.15, 0.2) is 0 Å². The monoisotopic (exact) mass is 695 g/mol. The van der Waals surface area contributed by atoms with Crippen LogP contribution in [0.1, 0.15) is 21.5 Å². The summed E-state index contributed by atoms with van der Waals surface area (Å²) in [6.45, 7) is -0.159. The number of nitrogens with zero attached hydrogens (tertiary/aromatic N) is 3. The summed E-state index contributed by atoms with van der Waals surface area (Å²) in [5.41, 5.74) is -4.96.